The third-order valence-electron chi connectivity index (χ3n) is 2.05. The van der Waals surface area contributed by atoms with Crippen molar-refractivity contribution in [3.05, 3.63) is 11.4 Å². The van der Waals surface area contributed by atoms with Gasteiger partial charge in [0.1, 0.15) is 5.69 Å². The maximum Gasteiger partial charge on any atom is 0.111 e. The van der Waals surface area contributed by atoms with E-state index < -0.39 is 0 Å². The van der Waals surface area contributed by atoms with Crippen molar-refractivity contribution in [2.45, 2.75) is 33.4 Å². The second-order valence-corrected chi connectivity index (χ2v) is 2.91. The predicted octanol–water partition coefficient (Wildman–Crippen LogP) is 0.369. The highest BCUT2D eigenvalue weighted by atomic mass is 16.5. The molecular formula is C9H17N3O2. The van der Waals surface area contributed by atoms with Crippen LogP contribution in [0.4, 0.5) is 0 Å². The van der Waals surface area contributed by atoms with E-state index in [1.165, 1.54) is 0 Å². The van der Waals surface area contributed by atoms with Crippen LogP contribution in [0, 0.1) is 0 Å². The molecule has 0 amide bonds. The number of hydrogen-bond donors (Lipinski definition) is 1. The number of ether oxygens (including phenoxy) is 1. The molecule has 0 radical (unpaired) electrons. The number of rotatable bonds is 6. The minimum Gasteiger partial charge on any atom is -0.390 e. The maximum atomic E-state index is 8.99. The van der Waals surface area contributed by atoms with Crippen molar-refractivity contribution in [3.8, 4) is 0 Å². The van der Waals surface area contributed by atoms with Gasteiger partial charge in [-0.3, -0.25) is 0 Å². The molecule has 0 saturated heterocycles. The first kappa shape index (κ1) is 11.1. The van der Waals surface area contributed by atoms with Crippen LogP contribution in [-0.2, 0) is 24.3 Å². The number of hydrogen-bond acceptors (Lipinski definition) is 4. The molecular weight excluding hydrogens is 182 g/mol. The summed E-state index contributed by atoms with van der Waals surface area (Å²) in [5.74, 6) is 0. The summed E-state index contributed by atoms with van der Waals surface area (Å²) >= 11 is 0. The number of aliphatic hydroxyl groups excluding tert-OH is 1. The van der Waals surface area contributed by atoms with Crippen LogP contribution in [0.3, 0.4) is 0 Å². The lowest BCUT2D eigenvalue weighted by atomic mass is 10.2. The third kappa shape index (κ3) is 2.52. The molecule has 1 rings (SSSR count). The van der Waals surface area contributed by atoms with Crippen LogP contribution in [0.1, 0.15) is 25.2 Å². The highest BCUT2D eigenvalue weighted by molar-refractivity contribution is 5.08. The Hall–Kier alpha value is -0.940. The van der Waals surface area contributed by atoms with Gasteiger partial charge in [-0.25, -0.2) is 4.68 Å². The molecule has 80 valence electrons. The van der Waals surface area contributed by atoms with Crippen LogP contribution < -0.4 is 0 Å². The lowest BCUT2D eigenvalue weighted by molar-refractivity contribution is 0.135. The molecule has 5 nitrogen and oxygen atoms in total. The Morgan fingerprint density at radius 2 is 2.21 bits per heavy atom. The summed E-state index contributed by atoms with van der Waals surface area (Å²) in [6.45, 7) is 5.98. The zero-order chi connectivity index (χ0) is 10.4. The molecule has 1 aromatic rings. The van der Waals surface area contributed by atoms with E-state index in [1.807, 2.05) is 13.8 Å². The van der Waals surface area contributed by atoms with Crippen LogP contribution in [0.5, 0.6) is 0 Å². The monoisotopic (exact) mass is 199 g/mol. The van der Waals surface area contributed by atoms with Gasteiger partial charge in [-0.1, -0.05) is 12.1 Å². The number of nitrogens with zero attached hydrogens (tertiary/aromatic N) is 3. The van der Waals surface area contributed by atoms with E-state index in [2.05, 4.69) is 10.3 Å². The lowest BCUT2D eigenvalue weighted by Crippen LogP contribution is -2.10. The maximum absolute atomic E-state index is 8.99. The van der Waals surface area contributed by atoms with Gasteiger partial charge >= 0.3 is 0 Å². The molecule has 5 heteroatoms. The first-order valence-corrected chi connectivity index (χ1v) is 4.93. The topological polar surface area (TPSA) is 60.2 Å². The fourth-order valence-electron chi connectivity index (χ4n) is 1.35. The minimum absolute atomic E-state index is 0.0438. The molecule has 1 N–H and O–H groups in total. The van der Waals surface area contributed by atoms with E-state index >= 15 is 0 Å². The zero-order valence-corrected chi connectivity index (χ0v) is 8.73. The summed E-state index contributed by atoms with van der Waals surface area (Å²) in [7, 11) is 0. The summed E-state index contributed by atoms with van der Waals surface area (Å²) in [5.41, 5.74) is 1.66. The van der Waals surface area contributed by atoms with Crippen molar-refractivity contribution in [1.82, 2.24) is 15.0 Å². The molecule has 0 aliphatic rings. The van der Waals surface area contributed by atoms with Crippen molar-refractivity contribution in [3.63, 3.8) is 0 Å². The quantitative estimate of drug-likeness (QED) is 0.672. The SMILES string of the molecule is CCOCCn1nnc(CO)c1CC. The van der Waals surface area contributed by atoms with Gasteiger partial charge in [0.2, 0.25) is 0 Å². The van der Waals surface area contributed by atoms with Crippen LogP contribution in [-0.4, -0.2) is 33.3 Å². The standard InChI is InChI=1S/C9H17N3O2/c1-3-9-8(7-13)10-11-12(9)5-6-14-4-2/h13H,3-7H2,1-2H3. The summed E-state index contributed by atoms with van der Waals surface area (Å²) in [6.07, 6.45) is 0.828. The normalized spacial score (nSPS) is 10.8. The molecule has 0 spiro atoms. The van der Waals surface area contributed by atoms with E-state index in [-0.39, 0.29) is 6.61 Å². The van der Waals surface area contributed by atoms with E-state index in [0.29, 0.717) is 25.5 Å². The van der Waals surface area contributed by atoms with Gasteiger partial charge in [0.25, 0.3) is 0 Å². The highest BCUT2D eigenvalue weighted by Crippen LogP contribution is 2.05. The average molecular weight is 199 g/mol. The molecule has 0 atom stereocenters. The molecule has 1 heterocycles. The Balaban J connectivity index is 2.61. The Bertz CT molecular complexity index is 273. The van der Waals surface area contributed by atoms with Gasteiger partial charge in [-0.05, 0) is 13.3 Å². The van der Waals surface area contributed by atoms with Crippen LogP contribution in [0.2, 0.25) is 0 Å². The second kappa shape index (κ2) is 5.72. The smallest absolute Gasteiger partial charge is 0.111 e. The van der Waals surface area contributed by atoms with E-state index in [1.54, 1.807) is 4.68 Å². The molecule has 0 aromatic carbocycles. The molecule has 0 aliphatic heterocycles. The predicted molar refractivity (Wildman–Crippen MR) is 51.8 cm³/mol. The van der Waals surface area contributed by atoms with Crippen molar-refractivity contribution in [2.75, 3.05) is 13.2 Å². The molecule has 0 bridgehead atoms. The minimum atomic E-state index is -0.0438. The molecule has 0 aliphatic carbocycles. The van der Waals surface area contributed by atoms with Crippen molar-refractivity contribution in [2.24, 2.45) is 0 Å². The molecule has 1 aromatic heterocycles. The van der Waals surface area contributed by atoms with Gasteiger partial charge in [-0.2, -0.15) is 0 Å². The first-order valence-electron chi connectivity index (χ1n) is 4.93. The van der Waals surface area contributed by atoms with Gasteiger partial charge in [0, 0.05) is 6.61 Å². The highest BCUT2D eigenvalue weighted by Gasteiger charge is 2.09. The van der Waals surface area contributed by atoms with Gasteiger partial charge in [0.15, 0.2) is 0 Å². The van der Waals surface area contributed by atoms with Crippen LogP contribution in [0.15, 0.2) is 0 Å². The second-order valence-electron chi connectivity index (χ2n) is 2.91. The van der Waals surface area contributed by atoms with Gasteiger partial charge in [-0.15, -0.1) is 5.10 Å². The lowest BCUT2D eigenvalue weighted by Gasteiger charge is -2.05. The van der Waals surface area contributed by atoms with Crippen molar-refractivity contribution < 1.29 is 9.84 Å². The third-order valence-corrected chi connectivity index (χ3v) is 2.05. The molecule has 0 saturated carbocycles. The van der Waals surface area contributed by atoms with E-state index in [0.717, 1.165) is 12.1 Å². The summed E-state index contributed by atoms with van der Waals surface area (Å²) in [4.78, 5) is 0. The Morgan fingerprint density at radius 3 is 2.79 bits per heavy atom. The Kier molecular flexibility index (Phi) is 4.55. The van der Waals surface area contributed by atoms with Gasteiger partial charge < -0.3 is 9.84 Å². The van der Waals surface area contributed by atoms with Crippen LogP contribution in [0.25, 0.3) is 0 Å². The summed E-state index contributed by atoms with van der Waals surface area (Å²) < 4.78 is 7.02. The molecule has 0 fully saturated rings. The van der Waals surface area contributed by atoms with E-state index in [4.69, 9.17) is 9.84 Å². The summed E-state index contributed by atoms with van der Waals surface area (Å²) in [5, 5.41) is 16.8. The van der Waals surface area contributed by atoms with E-state index in [9.17, 15) is 0 Å². The zero-order valence-electron chi connectivity index (χ0n) is 8.73. The number of aliphatic hydroxyl groups is 1. The Labute approximate surface area is 83.7 Å². The fourth-order valence-corrected chi connectivity index (χ4v) is 1.35. The number of aromatic nitrogens is 3. The van der Waals surface area contributed by atoms with Crippen molar-refractivity contribution >= 4 is 0 Å². The van der Waals surface area contributed by atoms with Crippen LogP contribution >= 0.6 is 0 Å². The van der Waals surface area contributed by atoms with Gasteiger partial charge in [0.05, 0.1) is 25.5 Å². The Morgan fingerprint density at radius 1 is 1.43 bits per heavy atom. The molecule has 0 unspecified atom stereocenters. The largest absolute Gasteiger partial charge is 0.390 e. The average Bonchev–Trinajstić information content (AvgIpc) is 2.60. The summed E-state index contributed by atoms with van der Waals surface area (Å²) in [6, 6.07) is 0. The molecule has 14 heavy (non-hydrogen) atoms. The van der Waals surface area contributed by atoms with Crippen molar-refractivity contribution in [1.29, 1.82) is 0 Å². The fraction of sp³-hybridized carbons (Fsp3) is 0.778. The first-order chi connectivity index (χ1) is 6.83.